The van der Waals surface area contributed by atoms with E-state index in [0.29, 0.717) is 22.6 Å². The number of halogens is 2. The fourth-order valence-electron chi connectivity index (χ4n) is 8.88. The number of rotatable bonds is 8. The molecule has 2 aromatic heterocycles. The van der Waals surface area contributed by atoms with Gasteiger partial charge in [0.25, 0.3) is 11.4 Å². The highest BCUT2D eigenvalue weighted by molar-refractivity contribution is 6.09. The zero-order valence-electron chi connectivity index (χ0n) is 36.0. The predicted molar refractivity (Wildman–Crippen MR) is 261 cm³/mol. The van der Waals surface area contributed by atoms with E-state index < -0.39 is 11.6 Å². The van der Waals surface area contributed by atoms with Crippen molar-refractivity contribution in [3.8, 4) is 50.7 Å². The van der Waals surface area contributed by atoms with Crippen LogP contribution in [0.25, 0.3) is 61.0 Å². The Morgan fingerprint density at radius 3 is 1.88 bits per heavy atom. The summed E-state index contributed by atoms with van der Waals surface area (Å²) in [6, 6.07) is 66.9. The average molecular weight is 849 g/mol. The summed E-state index contributed by atoms with van der Waals surface area (Å²) in [4.78, 5) is 4.88. The van der Waals surface area contributed by atoms with Crippen LogP contribution in [0.2, 0.25) is 0 Å². The highest BCUT2D eigenvalue weighted by Gasteiger charge is 2.38. The maximum Gasteiger partial charge on any atom is 0.503 e. The Bertz CT molecular complexity index is 3540. The number of para-hydroxylation sites is 4. The zero-order chi connectivity index (χ0) is 44.2. The van der Waals surface area contributed by atoms with Gasteiger partial charge in [-0.25, -0.2) is 13.8 Å². The minimum absolute atomic E-state index is 0.0544. The summed E-state index contributed by atoms with van der Waals surface area (Å²) in [5.74, 6) is 0.867. The van der Waals surface area contributed by atoms with Crippen LogP contribution >= 0.6 is 0 Å². The second kappa shape index (κ2) is 15.8. The van der Waals surface area contributed by atoms with Gasteiger partial charge < -0.3 is 4.74 Å². The third-order valence-electron chi connectivity index (χ3n) is 12.1. The lowest BCUT2D eigenvalue weighted by Gasteiger charge is -2.20. The lowest BCUT2D eigenvalue weighted by Crippen LogP contribution is -2.12. The van der Waals surface area contributed by atoms with Crippen molar-refractivity contribution in [2.75, 3.05) is 0 Å². The molecule has 0 N–H and O–H groups in total. The number of aromatic nitrogens is 2. The van der Waals surface area contributed by atoms with E-state index in [1.54, 1.807) is 0 Å². The van der Waals surface area contributed by atoms with E-state index in [2.05, 4.69) is 128 Å². The predicted octanol–water partition coefficient (Wildman–Crippen LogP) is 15.4. The van der Waals surface area contributed by atoms with Gasteiger partial charge in [0.2, 0.25) is 11.4 Å². The van der Waals surface area contributed by atoms with E-state index in [0.717, 1.165) is 78.7 Å². The number of fused-ring (bicyclic) bond motifs is 4. The first-order chi connectivity index (χ1) is 31.6. The molecule has 0 radical (unpaired) electrons. The second-order valence-electron chi connectivity index (χ2n) is 17.4. The van der Waals surface area contributed by atoms with Crippen molar-refractivity contribution in [1.29, 1.82) is 0 Å². The van der Waals surface area contributed by atoms with Crippen LogP contribution in [0.5, 0.6) is 11.5 Å². The fraction of sp³-hybridized carbons (Fsp3) is 0.0690. The highest BCUT2D eigenvalue weighted by atomic mass is 19.1. The number of nitrogens with zero attached hydrogens (tertiary/aromatic N) is 4. The van der Waals surface area contributed by atoms with Gasteiger partial charge in [-0.1, -0.05) is 118 Å². The standard InChI is InChI=1S/C58H42F2N4O/c1-58(2,3)43-27-28-61-57(33-43)64-53-18-10-8-16-50(53)51-26-25-47(36-56(51)64)65-48-32-41(40-23-21-39(22-24-40)38-13-5-4-6-14-38)31-46(35-48)62-37-63(55-20-12-11-19-54(55)62)52-17-9-7-15-49(52)42-29-44(59)34-45(60)30-42/h4-36H,1-3H3/q+2. The minimum Gasteiger partial charge on any atom is -0.457 e. The summed E-state index contributed by atoms with van der Waals surface area (Å²) in [6.07, 6.45) is 1.89. The molecule has 0 saturated carbocycles. The molecule has 0 atom stereocenters. The normalized spacial score (nSPS) is 12.3. The average Bonchev–Trinajstić information content (AvgIpc) is 3.87. The number of hydrogen-bond acceptors (Lipinski definition) is 2. The van der Waals surface area contributed by atoms with Crippen molar-refractivity contribution in [1.82, 2.24) is 18.7 Å². The fourth-order valence-corrected chi connectivity index (χ4v) is 8.88. The van der Waals surface area contributed by atoms with Crippen molar-refractivity contribution in [2.45, 2.75) is 26.2 Å². The topological polar surface area (TPSA) is 33.1 Å². The Hall–Kier alpha value is -8.25. The molecule has 0 bridgehead atoms. The Morgan fingerprint density at radius 2 is 1.12 bits per heavy atom. The largest absolute Gasteiger partial charge is 0.503 e. The van der Waals surface area contributed by atoms with Crippen LogP contribution in [0.4, 0.5) is 31.5 Å². The van der Waals surface area contributed by atoms with E-state index in [1.807, 2.05) is 94.2 Å². The van der Waals surface area contributed by atoms with Crippen LogP contribution < -0.4 is 13.9 Å². The third kappa shape index (κ3) is 7.38. The molecule has 312 valence electrons. The monoisotopic (exact) mass is 848 g/mol. The minimum atomic E-state index is -0.639. The molecule has 8 aromatic carbocycles. The molecule has 0 aliphatic carbocycles. The molecule has 5 nitrogen and oxygen atoms in total. The molecular weight excluding hydrogens is 807 g/mol. The maximum absolute atomic E-state index is 14.6. The first kappa shape index (κ1) is 39.6. The molecule has 1 aliphatic rings. The van der Waals surface area contributed by atoms with E-state index >= 15 is 0 Å². The summed E-state index contributed by atoms with van der Waals surface area (Å²) in [5, 5.41) is 2.23. The van der Waals surface area contributed by atoms with Gasteiger partial charge in [-0.15, -0.1) is 0 Å². The highest BCUT2D eigenvalue weighted by Crippen LogP contribution is 2.43. The summed E-state index contributed by atoms with van der Waals surface area (Å²) < 4.78 is 42.3. The second-order valence-corrected chi connectivity index (χ2v) is 17.4. The van der Waals surface area contributed by atoms with E-state index in [4.69, 9.17) is 9.72 Å². The summed E-state index contributed by atoms with van der Waals surface area (Å²) in [7, 11) is 0. The first-order valence-corrected chi connectivity index (χ1v) is 21.6. The zero-order valence-corrected chi connectivity index (χ0v) is 36.0. The van der Waals surface area contributed by atoms with Gasteiger partial charge in [0.05, 0.1) is 22.7 Å². The molecule has 65 heavy (non-hydrogen) atoms. The number of ether oxygens (including phenoxy) is 1. The Morgan fingerprint density at radius 1 is 0.492 bits per heavy atom. The molecule has 10 aromatic rings. The van der Waals surface area contributed by atoms with Gasteiger partial charge in [0.15, 0.2) is 0 Å². The Balaban J connectivity index is 1.08. The quantitative estimate of drug-likeness (QED) is 0.143. The van der Waals surface area contributed by atoms with Crippen LogP contribution in [-0.4, -0.2) is 15.6 Å². The maximum atomic E-state index is 14.6. The van der Waals surface area contributed by atoms with Crippen LogP contribution in [0.3, 0.4) is 0 Å². The van der Waals surface area contributed by atoms with Crippen molar-refractivity contribution in [2.24, 2.45) is 0 Å². The van der Waals surface area contributed by atoms with Gasteiger partial charge in [-0.2, -0.15) is 0 Å². The van der Waals surface area contributed by atoms with E-state index in [-0.39, 0.29) is 5.41 Å². The van der Waals surface area contributed by atoms with Gasteiger partial charge >= 0.3 is 6.01 Å². The number of hydrogen-bond donors (Lipinski definition) is 0. The van der Waals surface area contributed by atoms with Crippen LogP contribution in [-0.2, 0) is 5.41 Å². The van der Waals surface area contributed by atoms with Gasteiger partial charge in [0, 0.05) is 53.4 Å². The summed E-state index contributed by atoms with van der Waals surface area (Å²) in [5.41, 5.74) is 11.8. The van der Waals surface area contributed by atoms with Gasteiger partial charge in [0.1, 0.15) is 29.0 Å². The molecule has 0 fully saturated rings. The molecule has 11 rings (SSSR count). The van der Waals surface area contributed by atoms with Crippen LogP contribution in [0.15, 0.2) is 200 Å². The third-order valence-corrected chi connectivity index (χ3v) is 12.1. The van der Waals surface area contributed by atoms with Crippen LogP contribution in [0, 0.1) is 11.6 Å². The van der Waals surface area contributed by atoms with Crippen LogP contribution in [0.1, 0.15) is 26.3 Å². The summed E-state index contributed by atoms with van der Waals surface area (Å²) in [6.45, 7) is 6.64. The molecule has 0 amide bonds. The Labute approximate surface area is 375 Å². The lowest BCUT2D eigenvalue weighted by molar-refractivity contribution is 0.483. The van der Waals surface area contributed by atoms with Crippen molar-refractivity contribution in [3.63, 3.8) is 0 Å². The SMILES string of the molecule is CC(C)(C)c1ccnc(-n2c3ccccc3c3ccc(Oc4cc(-c5ccc(-c6ccccc6)cc5)cc([N+]5=C=[N+](c6ccccc6-c6cc(F)cc(F)c6)c6ccccc65)c4)cc32)c1. The molecule has 3 heterocycles. The van der Waals surface area contributed by atoms with Gasteiger partial charge in [-0.05, 0) is 103 Å². The van der Waals surface area contributed by atoms with E-state index in [9.17, 15) is 8.78 Å². The molecule has 7 heteroatoms. The summed E-state index contributed by atoms with van der Waals surface area (Å²) >= 11 is 0. The first-order valence-electron chi connectivity index (χ1n) is 21.6. The van der Waals surface area contributed by atoms with Gasteiger partial charge in [-0.3, -0.25) is 4.57 Å². The van der Waals surface area contributed by atoms with Crippen molar-refractivity contribution in [3.05, 3.63) is 218 Å². The number of benzene rings is 8. The lowest BCUT2D eigenvalue weighted by atomic mass is 9.88. The molecule has 0 unspecified atom stereocenters. The molecular formula is C58H42F2N4O+2. The van der Waals surface area contributed by atoms with E-state index in [1.165, 1.54) is 17.7 Å². The van der Waals surface area contributed by atoms with Crippen molar-refractivity contribution < 1.29 is 13.5 Å². The smallest absolute Gasteiger partial charge is 0.457 e. The Kier molecular flexibility index (Phi) is 9.64. The molecule has 0 spiro atoms. The molecule has 0 saturated heterocycles. The molecule has 1 aliphatic heterocycles. The van der Waals surface area contributed by atoms with Crippen molar-refractivity contribution >= 4 is 50.6 Å². The number of pyridine rings is 1.